The molecule has 1 rings (SSSR count). The van der Waals surface area contributed by atoms with Gasteiger partial charge in [-0.2, -0.15) is 0 Å². The Bertz CT molecular complexity index is 348. The molecule has 1 atom stereocenters. The van der Waals surface area contributed by atoms with Gasteiger partial charge in [-0.3, -0.25) is 9.59 Å². The van der Waals surface area contributed by atoms with Gasteiger partial charge >= 0.3 is 11.9 Å². The second-order valence-corrected chi connectivity index (χ2v) is 3.19. The average molecular weight is 207 g/mol. The van der Waals surface area contributed by atoms with E-state index in [9.17, 15) is 9.59 Å². The summed E-state index contributed by atoms with van der Waals surface area (Å²) in [5.41, 5.74) is 6.60. The number of hydrogen-bond acceptors (Lipinski definition) is 4. The fraction of sp³-hybridized carbons (Fsp3) is 0.273. The number of hydrogen-bond donors (Lipinski definition) is 1. The fourth-order valence-corrected chi connectivity index (χ4v) is 1.20. The lowest BCUT2D eigenvalue weighted by atomic mass is 10.1. The maximum atomic E-state index is 11.1. The Hall–Kier alpha value is -1.68. The zero-order valence-corrected chi connectivity index (χ0v) is 8.47. The lowest BCUT2D eigenvalue weighted by molar-refractivity contribution is -0.158. The van der Waals surface area contributed by atoms with Crippen LogP contribution in [0, 0.1) is 0 Å². The van der Waals surface area contributed by atoms with Crippen molar-refractivity contribution in [3.05, 3.63) is 35.9 Å². The Morgan fingerprint density at radius 3 is 2.47 bits per heavy atom. The van der Waals surface area contributed by atoms with Crippen LogP contribution < -0.4 is 5.73 Å². The van der Waals surface area contributed by atoms with E-state index >= 15 is 0 Å². The number of rotatable bonds is 3. The third-order valence-electron chi connectivity index (χ3n) is 1.87. The van der Waals surface area contributed by atoms with Gasteiger partial charge in [0.05, 0.1) is 6.42 Å². The Morgan fingerprint density at radius 2 is 1.93 bits per heavy atom. The van der Waals surface area contributed by atoms with Crippen molar-refractivity contribution in [1.29, 1.82) is 0 Å². The quantitative estimate of drug-likeness (QED) is 0.596. The second-order valence-electron chi connectivity index (χ2n) is 3.19. The molecule has 0 radical (unpaired) electrons. The van der Waals surface area contributed by atoms with E-state index in [4.69, 9.17) is 5.73 Å². The van der Waals surface area contributed by atoms with Crippen molar-refractivity contribution in [2.75, 3.05) is 0 Å². The Labute approximate surface area is 88.0 Å². The molecule has 0 saturated heterocycles. The zero-order valence-electron chi connectivity index (χ0n) is 8.47. The molecule has 1 aromatic carbocycles. The van der Waals surface area contributed by atoms with Crippen LogP contribution in [0.25, 0.3) is 0 Å². The van der Waals surface area contributed by atoms with Crippen molar-refractivity contribution in [1.82, 2.24) is 0 Å². The van der Waals surface area contributed by atoms with Crippen LogP contribution in [-0.4, -0.2) is 11.9 Å². The standard InChI is InChI=1S/C11H13NO3/c1-8(13)15-11(14)7-10(12)9-5-3-2-4-6-9/h2-6,10H,7,12H2,1H3/t10-/m1/s1. The first kappa shape index (κ1) is 11.4. The summed E-state index contributed by atoms with van der Waals surface area (Å²) in [6, 6.07) is 8.76. The van der Waals surface area contributed by atoms with E-state index in [0.29, 0.717) is 0 Å². The summed E-state index contributed by atoms with van der Waals surface area (Å²) >= 11 is 0. The molecule has 0 heterocycles. The molecule has 0 aliphatic heterocycles. The summed E-state index contributed by atoms with van der Waals surface area (Å²) < 4.78 is 4.38. The van der Waals surface area contributed by atoms with Crippen molar-refractivity contribution in [3.8, 4) is 0 Å². The lowest BCUT2D eigenvalue weighted by Gasteiger charge is -2.09. The largest absolute Gasteiger partial charge is 0.393 e. The van der Waals surface area contributed by atoms with Crippen LogP contribution in [-0.2, 0) is 14.3 Å². The van der Waals surface area contributed by atoms with Crippen molar-refractivity contribution >= 4 is 11.9 Å². The second kappa shape index (κ2) is 5.26. The molecular formula is C11H13NO3. The van der Waals surface area contributed by atoms with E-state index in [1.807, 2.05) is 30.3 Å². The van der Waals surface area contributed by atoms with Gasteiger partial charge in [-0.25, -0.2) is 0 Å². The number of esters is 2. The van der Waals surface area contributed by atoms with Crippen LogP contribution in [0.15, 0.2) is 30.3 Å². The molecule has 0 spiro atoms. The van der Waals surface area contributed by atoms with Crippen molar-refractivity contribution in [2.24, 2.45) is 5.73 Å². The van der Waals surface area contributed by atoms with Crippen LogP contribution in [0.1, 0.15) is 24.9 Å². The minimum Gasteiger partial charge on any atom is -0.393 e. The normalized spacial score (nSPS) is 11.9. The van der Waals surface area contributed by atoms with Gasteiger partial charge in [0.1, 0.15) is 0 Å². The van der Waals surface area contributed by atoms with Gasteiger partial charge in [0.15, 0.2) is 0 Å². The maximum absolute atomic E-state index is 11.1. The third kappa shape index (κ3) is 3.91. The molecule has 15 heavy (non-hydrogen) atoms. The zero-order chi connectivity index (χ0) is 11.3. The van der Waals surface area contributed by atoms with Crippen molar-refractivity contribution in [2.45, 2.75) is 19.4 Å². The van der Waals surface area contributed by atoms with E-state index in [1.165, 1.54) is 6.92 Å². The van der Waals surface area contributed by atoms with E-state index < -0.39 is 18.0 Å². The maximum Gasteiger partial charge on any atom is 0.315 e. The summed E-state index contributed by atoms with van der Waals surface area (Å²) in [5, 5.41) is 0. The van der Waals surface area contributed by atoms with Crippen LogP contribution >= 0.6 is 0 Å². The van der Waals surface area contributed by atoms with E-state index in [0.717, 1.165) is 5.56 Å². The molecule has 0 unspecified atom stereocenters. The van der Waals surface area contributed by atoms with Crippen LogP contribution in [0.4, 0.5) is 0 Å². The van der Waals surface area contributed by atoms with Gasteiger partial charge in [0.25, 0.3) is 0 Å². The first-order valence-electron chi connectivity index (χ1n) is 4.61. The number of benzene rings is 1. The average Bonchev–Trinajstić information content (AvgIpc) is 2.17. The summed E-state index contributed by atoms with van der Waals surface area (Å²) in [6.45, 7) is 1.19. The fourth-order valence-electron chi connectivity index (χ4n) is 1.20. The van der Waals surface area contributed by atoms with Crippen molar-refractivity contribution in [3.63, 3.8) is 0 Å². The highest BCUT2D eigenvalue weighted by Crippen LogP contribution is 2.13. The molecule has 0 saturated carbocycles. The van der Waals surface area contributed by atoms with Gasteiger partial charge in [0, 0.05) is 13.0 Å². The first-order chi connectivity index (χ1) is 7.09. The molecule has 0 aromatic heterocycles. The van der Waals surface area contributed by atoms with Crippen LogP contribution in [0.2, 0.25) is 0 Å². The molecular weight excluding hydrogens is 194 g/mol. The Kier molecular flexibility index (Phi) is 4.00. The summed E-state index contributed by atoms with van der Waals surface area (Å²) in [4.78, 5) is 21.6. The minimum absolute atomic E-state index is 0.00356. The van der Waals surface area contributed by atoms with Gasteiger partial charge in [0.2, 0.25) is 0 Å². The Balaban J connectivity index is 2.53. The van der Waals surface area contributed by atoms with Gasteiger partial charge in [-0.1, -0.05) is 30.3 Å². The predicted octanol–water partition coefficient (Wildman–Crippen LogP) is 1.17. The molecule has 0 aliphatic rings. The summed E-state index contributed by atoms with van der Waals surface area (Å²) in [6.07, 6.45) is 0.00356. The molecule has 80 valence electrons. The smallest absolute Gasteiger partial charge is 0.315 e. The molecule has 1 aromatic rings. The lowest BCUT2D eigenvalue weighted by Crippen LogP contribution is -2.18. The number of carbonyl (C=O) groups is 2. The number of carbonyl (C=O) groups excluding carboxylic acids is 2. The predicted molar refractivity (Wildman–Crippen MR) is 54.8 cm³/mol. The van der Waals surface area contributed by atoms with Crippen molar-refractivity contribution < 1.29 is 14.3 Å². The van der Waals surface area contributed by atoms with E-state index in [2.05, 4.69) is 4.74 Å². The molecule has 4 heteroatoms. The van der Waals surface area contributed by atoms with E-state index in [-0.39, 0.29) is 6.42 Å². The van der Waals surface area contributed by atoms with E-state index in [1.54, 1.807) is 0 Å². The molecule has 0 fully saturated rings. The topological polar surface area (TPSA) is 69.4 Å². The molecule has 0 bridgehead atoms. The first-order valence-corrected chi connectivity index (χ1v) is 4.61. The summed E-state index contributed by atoms with van der Waals surface area (Å²) in [7, 11) is 0. The molecule has 2 N–H and O–H groups in total. The highest BCUT2D eigenvalue weighted by Gasteiger charge is 2.13. The van der Waals surface area contributed by atoms with Gasteiger partial charge < -0.3 is 10.5 Å². The van der Waals surface area contributed by atoms with Crippen LogP contribution in [0.3, 0.4) is 0 Å². The Morgan fingerprint density at radius 1 is 1.33 bits per heavy atom. The highest BCUT2D eigenvalue weighted by atomic mass is 16.6. The summed E-state index contributed by atoms with van der Waals surface area (Å²) in [5.74, 6) is -1.21. The SMILES string of the molecule is CC(=O)OC(=O)C[C@@H](N)c1ccccc1. The third-order valence-corrected chi connectivity index (χ3v) is 1.87. The van der Waals surface area contributed by atoms with Gasteiger partial charge in [-0.05, 0) is 5.56 Å². The van der Waals surface area contributed by atoms with Gasteiger partial charge in [-0.15, -0.1) is 0 Å². The number of nitrogens with two attached hydrogens (primary N) is 1. The molecule has 4 nitrogen and oxygen atoms in total. The number of ether oxygens (including phenoxy) is 1. The molecule has 0 aliphatic carbocycles. The minimum atomic E-state index is -0.611. The van der Waals surface area contributed by atoms with Crippen LogP contribution in [0.5, 0.6) is 0 Å². The highest BCUT2D eigenvalue weighted by molar-refractivity contribution is 5.84. The monoisotopic (exact) mass is 207 g/mol. The molecule has 0 amide bonds.